The molecule has 0 atom stereocenters. The number of esters is 1. The molecule has 0 spiro atoms. The van der Waals surface area contributed by atoms with Crippen LogP contribution in [0.2, 0.25) is 0 Å². The predicted octanol–water partition coefficient (Wildman–Crippen LogP) is 2.38. The van der Waals surface area contributed by atoms with E-state index in [1.165, 1.54) is 37.4 Å². The largest absolute Gasteiger partial charge is 0.462 e. The summed E-state index contributed by atoms with van der Waals surface area (Å²) in [5.74, 6) is -0.904. The number of rotatable bonds is 7. The van der Waals surface area contributed by atoms with Crippen LogP contribution in [0.25, 0.3) is 0 Å². The molecule has 0 unspecified atom stereocenters. The van der Waals surface area contributed by atoms with Crippen LogP contribution in [0.15, 0.2) is 47.5 Å². The molecule has 138 valence electrons. The molecular formula is C16H17N3O6S. The van der Waals surface area contributed by atoms with Gasteiger partial charge < -0.3 is 14.9 Å². The summed E-state index contributed by atoms with van der Waals surface area (Å²) >= 11 is 0. The third kappa shape index (κ3) is 4.14. The molecule has 9 nitrogen and oxygen atoms in total. The monoisotopic (exact) mass is 379 g/mol. The Balaban J connectivity index is 2.23. The van der Waals surface area contributed by atoms with Crippen LogP contribution in [0.1, 0.15) is 23.7 Å². The standard InChI is InChI=1S/C16H17N3O6S/c1-3-10-25-16(20)12-4-7-14(8-5-12)26(23,24)18(2)13-6-9-15(17-11-13)19(21)22/h4-9,11H,3,10H2,1-2H3. The van der Waals surface area contributed by atoms with Crippen molar-refractivity contribution >= 4 is 27.5 Å². The molecule has 1 aromatic heterocycles. The number of hydrogen-bond donors (Lipinski definition) is 0. The van der Waals surface area contributed by atoms with Crippen molar-refractivity contribution in [3.05, 3.63) is 58.3 Å². The summed E-state index contributed by atoms with van der Waals surface area (Å²) in [7, 11) is -2.61. The minimum Gasteiger partial charge on any atom is -0.462 e. The molecule has 0 aliphatic heterocycles. The molecule has 0 aliphatic carbocycles. The van der Waals surface area contributed by atoms with Crippen molar-refractivity contribution in [1.29, 1.82) is 0 Å². The van der Waals surface area contributed by atoms with Crippen molar-refractivity contribution in [3.8, 4) is 0 Å². The van der Waals surface area contributed by atoms with Crippen LogP contribution in [-0.2, 0) is 14.8 Å². The number of aromatic nitrogens is 1. The number of pyridine rings is 1. The Kier molecular flexibility index (Phi) is 5.88. The van der Waals surface area contributed by atoms with Gasteiger partial charge in [0.1, 0.15) is 0 Å². The van der Waals surface area contributed by atoms with Gasteiger partial charge in [-0.15, -0.1) is 0 Å². The van der Waals surface area contributed by atoms with Crippen molar-refractivity contribution in [1.82, 2.24) is 4.98 Å². The SMILES string of the molecule is CCCOC(=O)c1ccc(S(=O)(=O)N(C)c2ccc([N+](=O)[O-])nc2)cc1. The highest BCUT2D eigenvalue weighted by molar-refractivity contribution is 7.92. The van der Waals surface area contributed by atoms with E-state index in [0.29, 0.717) is 6.42 Å². The average molecular weight is 379 g/mol. The molecule has 0 saturated carbocycles. The molecule has 0 amide bonds. The van der Waals surface area contributed by atoms with Gasteiger partial charge in [0.05, 0.1) is 22.8 Å². The summed E-state index contributed by atoms with van der Waals surface area (Å²) in [6.07, 6.45) is 1.79. The number of ether oxygens (including phenoxy) is 1. The fourth-order valence-electron chi connectivity index (χ4n) is 2.01. The Bertz CT molecular complexity index is 895. The third-order valence-electron chi connectivity index (χ3n) is 3.47. The fraction of sp³-hybridized carbons (Fsp3) is 0.250. The first-order valence-corrected chi connectivity index (χ1v) is 9.08. The number of hydrogen-bond acceptors (Lipinski definition) is 7. The molecule has 1 heterocycles. The molecule has 2 rings (SSSR count). The number of sulfonamides is 1. The second-order valence-electron chi connectivity index (χ2n) is 5.26. The Hall–Kier alpha value is -3.01. The van der Waals surface area contributed by atoms with Gasteiger partial charge in [0, 0.05) is 13.1 Å². The molecule has 1 aromatic carbocycles. The zero-order valence-electron chi connectivity index (χ0n) is 14.2. The lowest BCUT2D eigenvalue weighted by Crippen LogP contribution is -2.26. The summed E-state index contributed by atoms with van der Waals surface area (Å²) in [5.41, 5.74) is 0.416. The topological polar surface area (TPSA) is 120 Å². The van der Waals surface area contributed by atoms with Crippen LogP contribution in [-0.4, -0.2) is 37.9 Å². The van der Waals surface area contributed by atoms with Crippen LogP contribution in [0.5, 0.6) is 0 Å². The lowest BCUT2D eigenvalue weighted by molar-refractivity contribution is -0.389. The first-order valence-electron chi connectivity index (χ1n) is 7.64. The molecule has 0 saturated heterocycles. The molecule has 0 aliphatic rings. The van der Waals surface area contributed by atoms with E-state index in [-0.39, 0.29) is 28.6 Å². The van der Waals surface area contributed by atoms with Gasteiger partial charge in [-0.1, -0.05) is 6.92 Å². The highest BCUT2D eigenvalue weighted by atomic mass is 32.2. The maximum absolute atomic E-state index is 12.7. The van der Waals surface area contributed by atoms with Gasteiger partial charge >= 0.3 is 11.8 Å². The Morgan fingerprint density at radius 2 is 1.88 bits per heavy atom. The zero-order valence-corrected chi connectivity index (χ0v) is 15.0. The molecule has 26 heavy (non-hydrogen) atoms. The van der Waals surface area contributed by atoms with Crippen LogP contribution in [0.4, 0.5) is 11.5 Å². The van der Waals surface area contributed by atoms with Gasteiger partial charge in [-0.3, -0.25) is 4.31 Å². The maximum atomic E-state index is 12.7. The zero-order chi connectivity index (χ0) is 19.3. The van der Waals surface area contributed by atoms with Crippen LogP contribution in [0.3, 0.4) is 0 Å². The second kappa shape index (κ2) is 7.91. The minimum absolute atomic E-state index is 0.0367. The molecular weight excluding hydrogens is 362 g/mol. The van der Waals surface area contributed by atoms with Crippen LogP contribution < -0.4 is 4.31 Å². The first-order chi connectivity index (χ1) is 12.3. The van der Waals surface area contributed by atoms with Gasteiger partial charge in [-0.25, -0.2) is 13.2 Å². The van der Waals surface area contributed by atoms with Gasteiger partial charge in [-0.05, 0) is 46.7 Å². The molecule has 0 N–H and O–H groups in total. The quantitative estimate of drug-likeness (QED) is 0.411. The first kappa shape index (κ1) is 19.3. The van der Waals surface area contributed by atoms with Crippen molar-refractivity contribution < 1.29 is 22.9 Å². The van der Waals surface area contributed by atoms with E-state index in [9.17, 15) is 23.3 Å². The number of anilines is 1. The smallest absolute Gasteiger partial charge is 0.363 e. The predicted molar refractivity (Wildman–Crippen MR) is 93.5 cm³/mol. The van der Waals surface area contributed by atoms with E-state index >= 15 is 0 Å². The highest BCUT2D eigenvalue weighted by Crippen LogP contribution is 2.23. The lowest BCUT2D eigenvalue weighted by atomic mass is 10.2. The maximum Gasteiger partial charge on any atom is 0.363 e. The number of carbonyl (C=O) groups is 1. The van der Waals surface area contributed by atoms with Gasteiger partial charge in [0.15, 0.2) is 6.20 Å². The number of benzene rings is 1. The number of nitrogens with zero attached hydrogens (tertiary/aromatic N) is 3. The van der Waals surface area contributed by atoms with E-state index in [4.69, 9.17) is 4.74 Å². The van der Waals surface area contributed by atoms with E-state index in [0.717, 1.165) is 16.6 Å². The lowest BCUT2D eigenvalue weighted by Gasteiger charge is -2.18. The normalized spacial score (nSPS) is 11.0. The fourth-order valence-corrected chi connectivity index (χ4v) is 3.19. The van der Waals surface area contributed by atoms with E-state index in [1.54, 1.807) is 0 Å². The Morgan fingerprint density at radius 3 is 2.38 bits per heavy atom. The minimum atomic E-state index is -3.91. The van der Waals surface area contributed by atoms with Crippen LogP contribution in [0, 0.1) is 10.1 Å². The van der Waals surface area contributed by atoms with E-state index < -0.39 is 20.9 Å². The average Bonchev–Trinajstić information content (AvgIpc) is 2.65. The number of nitro groups is 1. The van der Waals surface area contributed by atoms with Crippen molar-refractivity contribution in [2.45, 2.75) is 18.2 Å². The second-order valence-corrected chi connectivity index (χ2v) is 7.23. The number of carbonyl (C=O) groups excluding carboxylic acids is 1. The van der Waals surface area contributed by atoms with Crippen molar-refractivity contribution in [2.75, 3.05) is 18.0 Å². The molecule has 10 heteroatoms. The van der Waals surface area contributed by atoms with Gasteiger partial charge in [0.25, 0.3) is 10.0 Å². The molecule has 2 aromatic rings. The van der Waals surface area contributed by atoms with Gasteiger partial charge in [-0.2, -0.15) is 0 Å². The highest BCUT2D eigenvalue weighted by Gasteiger charge is 2.23. The third-order valence-corrected chi connectivity index (χ3v) is 5.27. The summed E-state index contributed by atoms with van der Waals surface area (Å²) in [6, 6.07) is 7.74. The van der Waals surface area contributed by atoms with E-state index in [2.05, 4.69) is 4.98 Å². The summed E-state index contributed by atoms with van der Waals surface area (Å²) in [4.78, 5) is 25.3. The Morgan fingerprint density at radius 1 is 1.23 bits per heavy atom. The van der Waals surface area contributed by atoms with Crippen molar-refractivity contribution in [2.24, 2.45) is 0 Å². The van der Waals surface area contributed by atoms with Crippen molar-refractivity contribution in [3.63, 3.8) is 0 Å². The Labute approximate surface area is 150 Å². The molecule has 0 bridgehead atoms. The summed E-state index contributed by atoms with van der Waals surface area (Å²) in [5, 5.41) is 10.6. The van der Waals surface area contributed by atoms with Gasteiger partial charge in [0.2, 0.25) is 0 Å². The van der Waals surface area contributed by atoms with Crippen LogP contribution >= 0.6 is 0 Å². The summed E-state index contributed by atoms with van der Waals surface area (Å²) in [6.45, 7) is 2.15. The van der Waals surface area contributed by atoms with E-state index in [1.807, 2.05) is 6.92 Å². The molecule has 0 fully saturated rings. The summed E-state index contributed by atoms with van der Waals surface area (Å²) < 4.78 is 31.2. The molecule has 0 radical (unpaired) electrons.